The fourth-order valence-electron chi connectivity index (χ4n) is 1.79. The maximum atomic E-state index is 12.0. The number of benzene rings is 2. The van der Waals surface area contributed by atoms with Crippen LogP contribution in [0, 0.1) is 6.92 Å². The number of carbonyl (C=O) groups is 2. The molecule has 2 aromatic carbocycles. The number of halogens is 1. The molecule has 0 radical (unpaired) electrons. The fourth-order valence-corrected chi connectivity index (χ4v) is 2.05. The number of rotatable bonds is 5. The Hall–Kier alpha value is -2.40. The van der Waals surface area contributed by atoms with Crippen LogP contribution in [0.2, 0.25) is 0 Å². The van der Waals surface area contributed by atoms with Gasteiger partial charge in [-0.2, -0.15) is 0 Å². The first-order chi connectivity index (χ1) is 11.0. The average Bonchev–Trinajstić information content (AvgIpc) is 2.54. The van der Waals surface area contributed by atoms with Crippen LogP contribution in [0.3, 0.4) is 0 Å². The maximum Gasteiger partial charge on any atom is 0.363 e. The Bertz CT molecular complexity index is 721. The Labute approximate surface area is 143 Å². The van der Waals surface area contributed by atoms with Crippen LogP contribution >= 0.6 is 15.9 Å². The number of hydrogen-bond donors (Lipinski definition) is 0. The van der Waals surface area contributed by atoms with Crippen LogP contribution < -0.4 is 0 Å². The number of nitrogens with zero attached hydrogens (tertiary/aromatic N) is 1. The first kappa shape index (κ1) is 17.0. The predicted octanol–water partition coefficient (Wildman–Crippen LogP) is 4.16. The molecular formula is C18H16BrNO3. The first-order valence-corrected chi connectivity index (χ1v) is 7.75. The summed E-state index contributed by atoms with van der Waals surface area (Å²) in [7, 11) is 1.55. The minimum Gasteiger partial charge on any atom is -0.336 e. The van der Waals surface area contributed by atoms with Gasteiger partial charge in [0, 0.05) is 29.4 Å². The van der Waals surface area contributed by atoms with Gasteiger partial charge < -0.3 is 4.84 Å². The van der Waals surface area contributed by atoms with E-state index in [-0.39, 0.29) is 5.78 Å². The lowest BCUT2D eigenvalue weighted by Gasteiger charge is -2.13. The third-order valence-electron chi connectivity index (χ3n) is 3.08. The molecule has 0 atom stereocenters. The van der Waals surface area contributed by atoms with E-state index in [4.69, 9.17) is 4.84 Å². The molecule has 0 heterocycles. The van der Waals surface area contributed by atoms with Crippen molar-refractivity contribution < 1.29 is 14.4 Å². The highest BCUT2D eigenvalue weighted by molar-refractivity contribution is 9.10. The van der Waals surface area contributed by atoms with Crippen LogP contribution in [0.5, 0.6) is 0 Å². The molecule has 0 N–H and O–H groups in total. The summed E-state index contributed by atoms with van der Waals surface area (Å²) in [6.07, 6.45) is 2.77. The SMILES string of the molecule is Cc1ccc(C(=O)ON(C)C=CC(=O)c2ccc(Br)cc2)cc1. The number of ketones is 1. The van der Waals surface area contributed by atoms with Gasteiger partial charge in [0.25, 0.3) is 0 Å². The molecule has 0 amide bonds. The minimum absolute atomic E-state index is 0.171. The topological polar surface area (TPSA) is 46.6 Å². The number of hydroxylamine groups is 2. The van der Waals surface area contributed by atoms with Gasteiger partial charge >= 0.3 is 5.97 Å². The van der Waals surface area contributed by atoms with Crippen LogP contribution in [0.1, 0.15) is 26.3 Å². The molecule has 0 aliphatic rings. The molecule has 118 valence electrons. The van der Waals surface area contributed by atoms with Crippen molar-refractivity contribution in [2.24, 2.45) is 0 Å². The molecule has 0 aromatic heterocycles. The van der Waals surface area contributed by atoms with Crippen LogP contribution in [-0.4, -0.2) is 23.9 Å². The minimum atomic E-state index is -0.478. The van der Waals surface area contributed by atoms with Gasteiger partial charge in [-0.15, -0.1) is 0 Å². The van der Waals surface area contributed by atoms with Crippen molar-refractivity contribution >= 4 is 27.7 Å². The second kappa shape index (κ2) is 7.74. The molecule has 23 heavy (non-hydrogen) atoms. The summed E-state index contributed by atoms with van der Waals surface area (Å²) >= 11 is 3.32. The largest absolute Gasteiger partial charge is 0.363 e. The smallest absolute Gasteiger partial charge is 0.336 e. The number of aryl methyl sites for hydroxylation is 1. The maximum absolute atomic E-state index is 12.0. The third-order valence-corrected chi connectivity index (χ3v) is 3.61. The van der Waals surface area contributed by atoms with Gasteiger partial charge in [-0.1, -0.05) is 33.6 Å². The molecular weight excluding hydrogens is 358 g/mol. The third kappa shape index (κ3) is 5.07. The molecule has 0 saturated carbocycles. The Kier molecular flexibility index (Phi) is 5.71. The monoisotopic (exact) mass is 373 g/mol. The van der Waals surface area contributed by atoms with E-state index in [9.17, 15) is 9.59 Å². The van der Waals surface area contributed by atoms with E-state index in [0.717, 1.165) is 10.0 Å². The molecule has 0 fully saturated rings. The molecule has 5 heteroatoms. The Morgan fingerprint density at radius 1 is 1.00 bits per heavy atom. The number of allylic oxidation sites excluding steroid dienone is 1. The van der Waals surface area contributed by atoms with E-state index in [2.05, 4.69) is 15.9 Å². The Balaban J connectivity index is 1.94. The molecule has 2 rings (SSSR count). The van der Waals surface area contributed by atoms with E-state index in [0.29, 0.717) is 11.1 Å². The zero-order valence-corrected chi connectivity index (χ0v) is 14.4. The summed E-state index contributed by atoms with van der Waals surface area (Å²) in [4.78, 5) is 29.0. The summed E-state index contributed by atoms with van der Waals surface area (Å²) in [6, 6.07) is 14.1. The quantitative estimate of drug-likeness (QED) is 0.448. The second-order valence-electron chi connectivity index (χ2n) is 4.98. The molecule has 0 aliphatic heterocycles. The van der Waals surface area contributed by atoms with E-state index in [1.165, 1.54) is 17.3 Å². The highest BCUT2D eigenvalue weighted by Gasteiger charge is 2.09. The van der Waals surface area contributed by atoms with Gasteiger partial charge in [-0.25, -0.2) is 9.86 Å². The van der Waals surface area contributed by atoms with Crippen molar-refractivity contribution in [2.75, 3.05) is 7.05 Å². The van der Waals surface area contributed by atoms with Crippen molar-refractivity contribution in [2.45, 2.75) is 6.92 Å². The molecule has 4 nitrogen and oxygen atoms in total. The highest BCUT2D eigenvalue weighted by atomic mass is 79.9. The van der Waals surface area contributed by atoms with Crippen LogP contribution in [0.25, 0.3) is 0 Å². The number of hydrogen-bond acceptors (Lipinski definition) is 4. The van der Waals surface area contributed by atoms with Gasteiger partial charge in [-0.3, -0.25) is 4.79 Å². The summed E-state index contributed by atoms with van der Waals surface area (Å²) in [6.45, 7) is 1.94. The molecule has 0 saturated heterocycles. The van der Waals surface area contributed by atoms with E-state index in [1.54, 1.807) is 43.4 Å². The lowest BCUT2D eigenvalue weighted by Crippen LogP contribution is -2.18. The molecule has 0 aliphatic carbocycles. The zero-order chi connectivity index (χ0) is 16.8. The summed E-state index contributed by atoms with van der Waals surface area (Å²) in [5.74, 6) is -0.649. The van der Waals surface area contributed by atoms with Crippen molar-refractivity contribution in [3.05, 3.63) is 82.0 Å². The van der Waals surface area contributed by atoms with E-state index >= 15 is 0 Å². The van der Waals surface area contributed by atoms with Gasteiger partial charge in [0.2, 0.25) is 0 Å². The normalized spacial score (nSPS) is 10.6. The van der Waals surface area contributed by atoms with Crippen molar-refractivity contribution in [3.8, 4) is 0 Å². The predicted molar refractivity (Wildman–Crippen MR) is 92.0 cm³/mol. The van der Waals surface area contributed by atoms with Gasteiger partial charge in [0.1, 0.15) is 0 Å². The molecule has 0 bridgehead atoms. The molecule has 0 unspecified atom stereocenters. The van der Waals surface area contributed by atoms with Gasteiger partial charge in [0.05, 0.1) is 5.56 Å². The summed E-state index contributed by atoms with van der Waals surface area (Å²) in [5, 5.41) is 1.21. The summed E-state index contributed by atoms with van der Waals surface area (Å²) < 4.78 is 0.905. The van der Waals surface area contributed by atoms with Crippen molar-refractivity contribution in [3.63, 3.8) is 0 Å². The lowest BCUT2D eigenvalue weighted by atomic mass is 10.1. The summed E-state index contributed by atoms with van der Waals surface area (Å²) in [5.41, 5.74) is 2.08. The van der Waals surface area contributed by atoms with E-state index in [1.807, 2.05) is 19.1 Å². The Morgan fingerprint density at radius 3 is 2.17 bits per heavy atom. The first-order valence-electron chi connectivity index (χ1n) is 6.95. The second-order valence-corrected chi connectivity index (χ2v) is 5.89. The lowest BCUT2D eigenvalue weighted by molar-refractivity contribution is -0.0555. The van der Waals surface area contributed by atoms with Gasteiger partial charge in [0.15, 0.2) is 5.78 Å². The zero-order valence-electron chi connectivity index (χ0n) is 12.8. The van der Waals surface area contributed by atoms with Crippen molar-refractivity contribution in [1.29, 1.82) is 0 Å². The highest BCUT2D eigenvalue weighted by Crippen LogP contribution is 2.11. The van der Waals surface area contributed by atoms with E-state index < -0.39 is 5.97 Å². The van der Waals surface area contributed by atoms with Crippen LogP contribution in [0.15, 0.2) is 65.3 Å². The molecule has 0 spiro atoms. The number of carbonyl (C=O) groups excluding carboxylic acids is 2. The fraction of sp³-hybridized carbons (Fsp3) is 0.111. The standard InChI is InChI=1S/C18H16BrNO3/c1-13-3-5-15(6-4-13)18(22)23-20(2)12-11-17(21)14-7-9-16(19)10-8-14/h3-12H,1-2H3. The van der Waals surface area contributed by atoms with Crippen LogP contribution in [-0.2, 0) is 4.84 Å². The molecule has 2 aromatic rings. The van der Waals surface area contributed by atoms with Crippen molar-refractivity contribution in [1.82, 2.24) is 5.06 Å². The van der Waals surface area contributed by atoms with Gasteiger partial charge in [-0.05, 0) is 43.3 Å². The van der Waals surface area contributed by atoms with Crippen LogP contribution in [0.4, 0.5) is 0 Å². The average molecular weight is 374 g/mol. The Morgan fingerprint density at radius 2 is 1.57 bits per heavy atom.